The van der Waals surface area contributed by atoms with Crippen LogP contribution in [0.3, 0.4) is 0 Å². The summed E-state index contributed by atoms with van der Waals surface area (Å²) in [4.78, 5) is 17.4. The maximum atomic E-state index is 12.9. The number of rotatable bonds is 2. The van der Waals surface area contributed by atoms with Gasteiger partial charge in [-0.15, -0.1) is 0 Å². The molecule has 1 heterocycles. The van der Waals surface area contributed by atoms with Crippen LogP contribution in [0.15, 0.2) is 29.1 Å². The van der Waals surface area contributed by atoms with Crippen molar-refractivity contribution < 1.29 is 13.2 Å². The van der Waals surface area contributed by atoms with Crippen LogP contribution in [0.2, 0.25) is 5.02 Å². The van der Waals surface area contributed by atoms with Crippen LogP contribution < -0.4 is 5.56 Å². The van der Waals surface area contributed by atoms with Crippen LogP contribution in [-0.2, 0) is 0 Å². The third kappa shape index (κ3) is 3.93. The lowest BCUT2D eigenvalue weighted by atomic mass is 9.81. The highest BCUT2D eigenvalue weighted by molar-refractivity contribution is 14.1. The molecule has 140 valence electrons. The first-order chi connectivity index (χ1) is 12.2. The van der Waals surface area contributed by atoms with Crippen LogP contribution in [0.25, 0.3) is 5.69 Å². The van der Waals surface area contributed by atoms with Crippen molar-refractivity contribution in [2.24, 2.45) is 5.92 Å². The summed E-state index contributed by atoms with van der Waals surface area (Å²) < 4.78 is 40.9. The summed E-state index contributed by atoms with van der Waals surface area (Å²) in [5, 5.41) is 0.545. The lowest BCUT2D eigenvalue weighted by Gasteiger charge is -2.30. The Balaban J connectivity index is 2.02. The molecular formula is C18H17ClF3IN2O. The number of aryl methyl sites for hydroxylation is 1. The van der Waals surface area contributed by atoms with Crippen LogP contribution in [0.5, 0.6) is 0 Å². The van der Waals surface area contributed by atoms with Crippen molar-refractivity contribution in [2.75, 3.05) is 0 Å². The molecule has 1 saturated carbocycles. The first-order valence-corrected chi connectivity index (χ1v) is 9.76. The van der Waals surface area contributed by atoms with E-state index in [9.17, 15) is 18.0 Å². The molecule has 26 heavy (non-hydrogen) atoms. The Bertz CT molecular complexity index is 856. The number of halogens is 5. The zero-order valence-electron chi connectivity index (χ0n) is 14.0. The van der Waals surface area contributed by atoms with E-state index >= 15 is 0 Å². The van der Waals surface area contributed by atoms with E-state index in [0.717, 1.165) is 0 Å². The van der Waals surface area contributed by atoms with E-state index in [2.05, 4.69) is 4.98 Å². The van der Waals surface area contributed by atoms with E-state index in [4.69, 9.17) is 11.6 Å². The Morgan fingerprint density at radius 3 is 2.27 bits per heavy atom. The summed E-state index contributed by atoms with van der Waals surface area (Å²) >= 11 is 7.89. The number of hydrogen-bond acceptors (Lipinski definition) is 2. The van der Waals surface area contributed by atoms with Gasteiger partial charge in [0.25, 0.3) is 5.56 Å². The number of hydrogen-bond donors (Lipinski definition) is 0. The minimum absolute atomic E-state index is 0.0652. The molecule has 0 spiro atoms. The summed E-state index contributed by atoms with van der Waals surface area (Å²) in [6.45, 7) is 1.75. The van der Waals surface area contributed by atoms with Crippen LogP contribution in [0, 0.1) is 16.4 Å². The Labute approximate surface area is 167 Å². The van der Waals surface area contributed by atoms with Crippen LogP contribution in [-0.4, -0.2) is 15.7 Å². The highest BCUT2D eigenvalue weighted by atomic mass is 127. The maximum Gasteiger partial charge on any atom is 0.391 e. The van der Waals surface area contributed by atoms with Crippen molar-refractivity contribution in [2.45, 2.75) is 44.7 Å². The summed E-state index contributed by atoms with van der Waals surface area (Å²) in [5.41, 5.74) is 1.03. The van der Waals surface area contributed by atoms with Gasteiger partial charge in [-0.2, -0.15) is 13.2 Å². The SMILES string of the molecule is Cc1nc([C@H]2CC[C@@H](C(F)(F)F)CC2)n(-c2ccc(Cl)cc2)c(=O)c1I. The molecule has 1 aromatic carbocycles. The molecule has 1 fully saturated rings. The fraction of sp³-hybridized carbons (Fsp3) is 0.444. The molecule has 3 rings (SSSR count). The van der Waals surface area contributed by atoms with Gasteiger partial charge in [0, 0.05) is 10.9 Å². The van der Waals surface area contributed by atoms with E-state index in [0.29, 0.717) is 38.6 Å². The van der Waals surface area contributed by atoms with Crippen molar-refractivity contribution in [1.29, 1.82) is 0 Å². The fourth-order valence-corrected chi connectivity index (χ4v) is 3.91. The summed E-state index contributed by atoms with van der Waals surface area (Å²) in [6.07, 6.45) is -3.30. The fourth-order valence-electron chi connectivity index (χ4n) is 3.42. The average Bonchev–Trinajstić information content (AvgIpc) is 2.60. The van der Waals surface area contributed by atoms with Gasteiger partial charge in [-0.05, 0) is 79.5 Å². The number of aromatic nitrogens is 2. The number of alkyl halides is 3. The van der Waals surface area contributed by atoms with Gasteiger partial charge in [0.05, 0.1) is 17.3 Å². The van der Waals surface area contributed by atoms with Gasteiger partial charge in [-0.3, -0.25) is 9.36 Å². The molecule has 0 aliphatic heterocycles. The van der Waals surface area contributed by atoms with Gasteiger partial charge in [0.1, 0.15) is 9.39 Å². The number of benzene rings is 1. The molecule has 0 radical (unpaired) electrons. The van der Waals surface area contributed by atoms with Crippen molar-refractivity contribution >= 4 is 34.2 Å². The second-order valence-corrected chi connectivity index (χ2v) is 8.09. The molecule has 0 unspecified atom stereocenters. The molecule has 0 bridgehead atoms. The molecule has 1 aliphatic rings. The lowest BCUT2D eigenvalue weighted by Crippen LogP contribution is -2.32. The van der Waals surface area contributed by atoms with Gasteiger partial charge < -0.3 is 0 Å². The molecule has 2 aromatic rings. The quantitative estimate of drug-likeness (QED) is 0.505. The van der Waals surface area contributed by atoms with Gasteiger partial charge in [-0.25, -0.2) is 4.98 Å². The number of nitrogens with zero attached hydrogens (tertiary/aromatic N) is 2. The topological polar surface area (TPSA) is 34.9 Å². The Kier molecular flexibility index (Phi) is 5.67. The van der Waals surface area contributed by atoms with Crippen molar-refractivity contribution in [3.8, 4) is 5.69 Å². The Hall–Kier alpha value is -1.09. The molecule has 3 nitrogen and oxygen atoms in total. The second kappa shape index (κ2) is 7.50. The van der Waals surface area contributed by atoms with Crippen LogP contribution in [0.1, 0.15) is 43.1 Å². The Morgan fingerprint density at radius 1 is 1.15 bits per heavy atom. The van der Waals surface area contributed by atoms with Gasteiger partial charge in [0.2, 0.25) is 0 Å². The normalized spacial score (nSPS) is 21.0. The summed E-state index contributed by atoms with van der Waals surface area (Å²) in [6, 6.07) is 6.81. The molecule has 8 heteroatoms. The summed E-state index contributed by atoms with van der Waals surface area (Å²) in [7, 11) is 0. The van der Waals surface area contributed by atoms with E-state index in [1.54, 1.807) is 31.2 Å². The molecule has 1 aliphatic carbocycles. The van der Waals surface area contributed by atoms with Crippen molar-refractivity contribution in [3.05, 3.63) is 54.7 Å². The first-order valence-electron chi connectivity index (χ1n) is 8.30. The van der Waals surface area contributed by atoms with Crippen LogP contribution >= 0.6 is 34.2 Å². The van der Waals surface area contributed by atoms with Crippen molar-refractivity contribution in [1.82, 2.24) is 9.55 Å². The van der Waals surface area contributed by atoms with E-state index < -0.39 is 12.1 Å². The zero-order valence-corrected chi connectivity index (χ0v) is 16.9. The molecule has 0 amide bonds. The minimum atomic E-state index is -4.16. The molecular weight excluding hydrogens is 480 g/mol. The van der Waals surface area contributed by atoms with Gasteiger partial charge in [-0.1, -0.05) is 11.6 Å². The largest absolute Gasteiger partial charge is 0.391 e. The average molecular weight is 497 g/mol. The predicted octanol–water partition coefficient (Wildman–Crippen LogP) is 5.64. The van der Waals surface area contributed by atoms with Crippen LogP contribution in [0.4, 0.5) is 13.2 Å². The smallest absolute Gasteiger partial charge is 0.268 e. The van der Waals surface area contributed by atoms with Crippen molar-refractivity contribution in [3.63, 3.8) is 0 Å². The van der Waals surface area contributed by atoms with E-state index in [1.165, 1.54) is 4.57 Å². The summed E-state index contributed by atoms with van der Waals surface area (Å²) in [5.74, 6) is -0.900. The predicted molar refractivity (Wildman–Crippen MR) is 103 cm³/mol. The first kappa shape index (κ1) is 19.7. The highest BCUT2D eigenvalue weighted by Gasteiger charge is 2.42. The van der Waals surface area contributed by atoms with E-state index in [-0.39, 0.29) is 24.3 Å². The van der Waals surface area contributed by atoms with Gasteiger partial charge in [0.15, 0.2) is 0 Å². The third-order valence-corrected chi connectivity index (χ3v) is 6.35. The van der Waals surface area contributed by atoms with Gasteiger partial charge >= 0.3 is 6.18 Å². The second-order valence-electron chi connectivity index (χ2n) is 6.58. The lowest BCUT2D eigenvalue weighted by molar-refractivity contribution is -0.182. The Morgan fingerprint density at radius 2 is 1.73 bits per heavy atom. The highest BCUT2D eigenvalue weighted by Crippen LogP contribution is 2.42. The monoisotopic (exact) mass is 496 g/mol. The third-order valence-electron chi connectivity index (χ3n) is 4.86. The maximum absolute atomic E-state index is 12.9. The standard InChI is InChI=1S/C18H17ClF3IN2O/c1-10-15(23)17(26)25(14-8-6-13(19)7-9-14)16(24-10)11-2-4-12(5-3-11)18(20,21)22/h6-9,11-12H,2-5H2,1H3/t11-,12+. The van der Waals surface area contributed by atoms with E-state index in [1.807, 2.05) is 22.6 Å². The molecule has 0 N–H and O–H groups in total. The molecule has 0 saturated heterocycles. The minimum Gasteiger partial charge on any atom is -0.268 e. The zero-order chi connectivity index (χ0) is 19.1. The molecule has 0 atom stereocenters. The molecule has 1 aromatic heterocycles.